The van der Waals surface area contributed by atoms with E-state index in [0.717, 1.165) is 49.9 Å². The van der Waals surface area contributed by atoms with Gasteiger partial charge in [0.25, 0.3) is 5.91 Å². The summed E-state index contributed by atoms with van der Waals surface area (Å²) < 4.78 is 10.9. The van der Waals surface area contributed by atoms with Crippen LogP contribution in [-0.2, 0) is 4.74 Å². The van der Waals surface area contributed by atoms with Gasteiger partial charge in [0.05, 0.1) is 13.2 Å². The summed E-state index contributed by atoms with van der Waals surface area (Å²) in [4.78, 5) is 14.7. The summed E-state index contributed by atoms with van der Waals surface area (Å²) in [6, 6.07) is 11.5. The van der Waals surface area contributed by atoms with E-state index in [1.54, 1.807) is 0 Å². The largest absolute Gasteiger partial charge is 0.461 e. The van der Waals surface area contributed by atoms with Crippen molar-refractivity contribution >= 4 is 5.91 Å². The van der Waals surface area contributed by atoms with E-state index in [1.807, 2.05) is 50.2 Å². The number of hydrogen-bond donors (Lipinski definition) is 1. The molecule has 128 valence electrons. The van der Waals surface area contributed by atoms with E-state index in [0.29, 0.717) is 5.56 Å². The van der Waals surface area contributed by atoms with Crippen LogP contribution >= 0.6 is 0 Å². The smallest absolute Gasteiger partial charge is 0.251 e. The van der Waals surface area contributed by atoms with Crippen molar-refractivity contribution in [1.82, 2.24) is 10.2 Å². The van der Waals surface area contributed by atoms with Crippen molar-refractivity contribution in [2.45, 2.75) is 19.9 Å². The van der Waals surface area contributed by atoms with Crippen LogP contribution in [0.3, 0.4) is 0 Å². The van der Waals surface area contributed by atoms with E-state index < -0.39 is 0 Å². The average molecular weight is 328 g/mol. The molecule has 0 radical (unpaired) electrons. The normalized spacial score (nSPS) is 16.8. The van der Waals surface area contributed by atoms with E-state index in [1.165, 1.54) is 0 Å². The van der Waals surface area contributed by atoms with Crippen LogP contribution in [0, 0.1) is 6.92 Å². The Labute approximate surface area is 142 Å². The number of aryl methyl sites for hydroxylation is 1. The lowest BCUT2D eigenvalue weighted by molar-refractivity contribution is 0.0342. The second kappa shape index (κ2) is 7.64. The monoisotopic (exact) mass is 328 g/mol. The molecule has 2 heterocycles. The Bertz CT molecular complexity index is 672. The summed E-state index contributed by atoms with van der Waals surface area (Å²) in [6.07, 6.45) is 0. The average Bonchev–Trinajstić information content (AvgIpc) is 3.02. The maximum Gasteiger partial charge on any atom is 0.251 e. The number of carbonyl (C=O) groups excluding carboxylic acids is 1. The second-order valence-electron chi connectivity index (χ2n) is 6.28. The van der Waals surface area contributed by atoms with E-state index in [4.69, 9.17) is 9.15 Å². The van der Waals surface area contributed by atoms with Crippen molar-refractivity contribution in [3.05, 3.63) is 47.7 Å². The number of ether oxygens (including phenoxy) is 1. The number of rotatable bonds is 5. The Morgan fingerprint density at radius 2 is 1.88 bits per heavy atom. The molecule has 1 atom stereocenters. The number of hydrogen-bond acceptors (Lipinski definition) is 4. The molecule has 0 saturated carbocycles. The topological polar surface area (TPSA) is 54.7 Å². The molecule has 1 aromatic heterocycles. The predicted molar refractivity (Wildman–Crippen MR) is 93.1 cm³/mol. The fourth-order valence-corrected chi connectivity index (χ4v) is 2.90. The van der Waals surface area contributed by atoms with Crippen LogP contribution in [0.15, 0.2) is 40.8 Å². The Kier molecular flexibility index (Phi) is 5.33. The van der Waals surface area contributed by atoms with Gasteiger partial charge in [-0.25, -0.2) is 0 Å². The zero-order chi connectivity index (χ0) is 16.9. The molecule has 1 N–H and O–H groups in total. The molecule has 5 heteroatoms. The van der Waals surface area contributed by atoms with Crippen LogP contribution in [0.2, 0.25) is 0 Å². The third-order valence-corrected chi connectivity index (χ3v) is 4.19. The Morgan fingerprint density at radius 1 is 1.17 bits per heavy atom. The first-order valence-electron chi connectivity index (χ1n) is 8.39. The highest BCUT2D eigenvalue weighted by Crippen LogP contribution is 2.22. The van der Waals surface area contributed by atoms with Crippen molar-refractivity contribution < 1.29 is 13.9 Å². The number of morpholine rings is 1. The van der Waals surface area contributed by atoms with Crippen molar-refractivity contribution in [3.8, 4) is 11.3 Å². The van der Waals surface area contributed by atoms with Gasteiger partial charge in [-0.3, -0.25) is 9.69 Å². The fraction of sp³-hybridized carbons (Fsp3) is 0.421. The minimum Gasteiger partial charge on any atom is -0.461 e. The lowest BCUT2D eigenvalue weighted by Gasteiger charge is -2.29. The van der Waals surface area contributed by atoms with Gasteiger partial charge in [-0.1, -0.05) is 12.1 Å². The lowest BCUT2D eigenvalue weighted by atomic mass is 10.1. The van der Waals surface area contributed by atoms with Gasteiger partial charge in [0.15, 0.2) is 0 Å². The van der Waals surface area contributed by atoms with Crippen molar-refractivity contribution in [2.24, 2.45) is 0 Å². The van der Waals surface area contributed by atoms with Gasteiger partial charge in [-0.2, -0.15) is 0 Å². The quantitative estimate of drug-likeness (QED) is 0.917. The van der Waals surface area contributed by atoms with Crippen molar-refractivity contribution in [3.63, 3.8) is 0 Å². The van der Waals surface area contributed by atoms with Gasteiger partial charge in [0.2, 0.25) is 0 Å². The summed E-state index contributed by atoms with van der Waals surface area (Å²) in [5.41, 5.74) is 1.64. The third kappa shape index (κ3) is 4.24. The van der Waals surface area contributed by atoms with Crippen molar-refractivity contribution in [2.75, 3.05) is 32.8 Å². The minimum absolute atomic E-state index is 0.0436. The van der Waals surface area contributed by atoms with E-state index in [2.05, 4.69) is 10.2 Å². The number of benzene rings is 1. The molecule has 0 aliphatic carbocycles. The molecule has 1 unspecified atom stereocenters. The SMILES string of the molecule is Cc1ccc(-c2ccc(C(=O)NC(C)CN3CCOCC3)cc2)o1. The summed E-state index contributed by atoms with van der Waals surface area (Å²) in [5.74, 6) is 1.65. The molecule has 2 aromatic rings. The number of furan rings is 1. The van der Waals surface area contributed by atoms with Gasteiger partial charge in [-0.15, -0.1) is 0 Å². The van der Waals surface area contributed by atoms with Gasteiger partial charge < -0.3 is 14.5 Å². The number of amides is 1. The van der Waals surface area contributed by atoms with Crippen LogP contribution in [-0.4, -0.2) is 49.7 Å². The maximum absolute atomic E-state index is 12.4. The Morgan fingerprint density at radius 3 is 2.50 bits per heavy atom. The van der Waals surface area contributed by atoms with E-state index >= 15 is 0 Å². The van der Waals surface area contributed by atoms with E-state index in [-0.39, 0.29) is 11.9 Å². The molecule has 24 heavy (non-hydrogen) atoms. The van der Waals surface area contributed by atoms with Crippen molar-refractivity contribution in [1.29, 1.82) is 0 Å². The van der Waals surface area contributed by atoms with Crippen LogP contribution in [0.1, 0.15) is 23.0 Å². The first kappa shape index (κ1) is 16.7. The fourth-order valence-electron chi connectivity index (χ4n) is 2.90. The van der Waals surface area contributed by atoms with Crippen LogP contribution in [0.5, 0.6) is 0 Å². The molecule has 3 rings (SSSR count). The standard InChI is InChI=1S/C19H24N2O3/c1-14(13-21-9-11-23-12-10-21)20-19(22)17-6-4-16(5-7-17)18-8-3-15(2)24-18/h3-8,14H,9-13H2,1-2H3,(H,20,22). The first-order chi connectivity index (χ1) is 11.6. The highest BCUT2D eigenvalue weighted by atomic mass is 16.5. The van der Waals surface area contributed by atoms with Crippen LogP contribution < -0.4 is 5.32 Å². The van der Waals surface area contributed by atoms with Gasteiger partial charge >= 0.3 is 0 Å². The van der Waals surface area contributed by atoms with Crippen LogP contribution in [0.4, 0.5) is 0 Å². The predicted octanol–water partition coefficient (Wildman–Crippen LogP) is 2.71. The maximum atomic E-state index is 12.4. The highest BCUT2D eigenvalue weighted by molar-refractivity contribution is 5.94. The summed E-state index contributed by atoms with van der Waals surface area (Å²) in [5, 5.41) is 3.06. The lowest BCUT2D eigenvalue weighted by Crippen LogP contribution is -2.46. The molecule has 1 fully saturated rings. The highest BCUT2D eigenvalue weighted by Gasteiger charge is 2.16. The zero-order valence-corrected chi connectivity index (χ0v) is 14.2. The summed E-state index contributed by atoms with van der Waals surface area (Å²) >= 11 is 0. The molecular weight excluding hydrogens is 304 g/mol. The van der Waals surface area contributed by atoms with Gasteiger partial charge in [0.1, 0.15) is 11.5 Å². The molecule has 0 bridgehead atoms. The molecule has 1 aliphatic rings. The minimum atomic E-state index is -0.0436. The summed E-state index contributed by atoms with van der Waals surface area (Å²) in [7, 11) is 0. The Hall–Kier alpha value is -2.11. The van der Waals surface area contributed by atoms with Gasteiger partial charge in [-0.05, 0) is 38.1 Å². The number of carbonyl (C=O) groups is 1. The third-order valence-electron chi connectivity index (χ3n) is 4.19. The molecule has 1 amide bonds. The number of nitrogens with one attached hydrogen (secondary N) is 1. The second-order valence-corrected chi connectivity index (χ2v) is 6.28. The summed E-state index contributed by atoms with van der Waals surface area (Å²) in [6.45, 7) is 8.20. The molecule has 1 saturated heterocycles. The molecule has 5 nitrogen and oxygen atoms in total. The van der Waals surface area contributed by atoms with E-state index in [9.17, 15) is 4.79 Å². The molecular formula is C19H24N2O3. The first-order valence-corrected chi connectivity index (χ1v) is 8.39. The molecule has 1 aliphatic heterocycles. The zero-order valence-electron chi connectivity index (χ0n) is 14.2. The molecule has 1 aromatic carbocycles. The van der Waals surface area contributed by atoms with Gasteiger partial charge in [0, 0.05) is 36.8 Å². The molecule has 0 spiro atoms. The Balaban J connectivity index is 1.56. The number of nitrogens with zero attached hydrogens (tertiary/aromatic N) is 1. The van der Waals surface area contributed by atoms with Crippen LogP contribution in [0.25, 0.3) is 11.3 Å².